The summed E-state index contributed by atoms with van der Waals surface area (Å²) in [5, 5.41) is 0. The van der Waals surface area contributed by atoms with Crippen molar-refractivity contribution < 1.29 is 0 Å². The monoisotopic (exact) mass is 285 g/mol. The van der Waals surface area contributed by atoms with E-state index < -0.39 is 8.24 Å². The van der Waals surface area contributed by atoms with Crippen LogP contribution in [0.2, 0.25) is 18.1 Å². The molecule has 0 heterocycles. The molecule has 0 aromatic carbocycles. The second kappa shape index (κ2) is 13.2. The number of hydrogen-bond acceptors (Lipinski definition) is 1. The van der Waals surface area contributed by atoms with Gasteiger partial charge in [-0.05, 0) is 31.1 Å². The van der Waals surface area contributed by atoms with Crippen molar-refractivity contribution in [2.24, 2.45) is 0 Å². The summed E-state index contributed by atoms with van der Waals surface area (Å²) >= 11 is 0. The van der Waals surface area contributed by atoms with E-state index in [0.717, 1.165) is 0 Å². The Labute approximate surface area is 124 Å². The van der Waals surface area contributed by atoms with Gasteiger partial charge in [0.15, 0.2) is 0 Å². The van der Waals surface area contributed by atoms with Crippen molar-refractivity contribution in [1.29, 1.82) is 0 Å². The molecule has 116 valence electrons. The smallest absolute Gasteiger partial charge is 0.124 e. The highest BCUT2D eigenvalue weighted by atomic mass is 28.3. The molecule has 0 amide bonds. The lowest BCUT2D eigenvalue weighted by Crippen LogP contribution is -2.49. The lowest BCUT2D eigenvalue weighted by molar-refractivity contribution is 0.562. The van der Waals surface area contributed by atoms with Crippen molar-refractivity contribution in [3.63, 3.8) is 0 Å². The molecule has 0 aliphatic rings. The average Bonchev–Trinajstić information content (AvgIpc) is 2.46. The van der Waals surface area contributed by atoms with Gasteiger partial charge in [-0.1, -0.05) is 79.1 Å². The molecule has 0 rings (SSSR count). The van der Waals surface area contributed by atoms with E-state index in [9.17, 15) is 0 Å². The highest BCUT2D eigenvalue weighted by Gasteiger charge is 2.25. The molecule has 0 aliphatic heterocycles. The van der Waals surface area contributed by atoms with Crippen LogP contribution in [0, 0.1) is 0 Å². The van der Waals surface area contributed by atoms with Crippen molar-refractivity contribution >= 4 is 8.24 Å². The van der Waals surface area contributed by atoms with E-state index in [4.69, 9.17) is 0 Å². The van der Waals surface area contributed by atoms with Gasteiger partial charge >= 0.3 is 0 Å². The average molecular weight is 286 g/mol. The van der Waals surface area contributed by atoms with Gasteiger partial charge in [-0.3, -0.25) is 0 Å². The molecule has 0 saturated heterocycles. The van der Waals surface area contributed by atoms with E-state index in [1.54, 1.807) is 0 Å². The Bertz CT molecular complexity index is 170. The van der Waals surface area contributed by atoms with Crippen LogP contribution in [-0.2, 0) is 0 Å². The van der Waals surface area contributed by atoms with Crippen LogP contribution in [0.25, 0.3) is 0 Å². The molecule has 0 radical (unpaired) electrons. The summed E-state index contributed by atoms with van der Waals surface area (Å²) in [5.74, 6) is 0. The minimum atomic E-state index is -1.06. The van der Waals surface area contributed by atoms with Crippen molar-refractivity contribution in [3.8, 4) is 0 Å². The first-order chi connectivity index (χ1) is 9.24. The molecule has 1 N–H and O–H groups in total. The Morgan fingerprint density at radius 1 is 0.579 bits per heavy atom. The van der Waals surface area contributed by atoms with Gasteiger partial charge in [-0.25, -0.2) is 0 Å². The first-order valence-corrected chi connectivity index (χ1v) is 11.6. The van der Waals surface area contributed by atoms with Crippen LogP contribution in [0.5, 0.6) is 0 Å². The molecule has 0 saturated carbocycles. The summed E-state index contributed by atoms with van der Waals surface area (Å²) in [5.41, 5.74) is 0. The summed E-state index contributed by atoms with van der Waals surface area (Å²) in [7, 11) is -1.06. The zero-order valence-electron chi connectivity index (χ0n) is 14.2. The molecule has 0 atom stereocenters. The Hall–Kier alpha value is 0.177. The molecule has 1 nitrogen and oxygen atoms in total. The fourth-order valence-electron chi connectivity index (χ4n) is 2.91. The fraction of sp³-hybridized carbons (Fsp3) is 1.00. The van der Waals surface area contributed by atoms with Crippen LogP contribution in [0.15, 0.2) is 0 Å². The van der Waals surface area contributed by atoms with Gasteiger partial charge in [0, 0.05) is 0 Å². The maximum absolute atomic E-state index is 3.94. The van der Waals surface area contributed by atoms with Gasteiger partial charge in [-0.2, -0.15) is 0 Å². The zero-order chi connectivity index (χ0) is 14.4. The molecule has 0 spiro atoms. The quantitative estimate of drug-likeness (QED) is 0.300. The van der Waals surface area contributed by atoms with Gasteiger partial charge in [0.25, 0.3) is 0 Å². The second-order valence-corrected chi connectivity index (χ2v) is 11.1. The summed E-state index contributed by atoms with van der Waals surface area (Å²) in [6.07, 6.45) is 12.9. The van der Waals surface area contributed by atoms with Gasteiger partial charge < -0.3 is 4.98 Å². The fourth-order valence-corrected chi connectivity index (χ4v) is 5.87. The molecular formula is C17H39NSi. The topological polar surface area (TPSA) is 12.0 Å². The number of unbranched alkanes of at least 4 members (excludes halogenated alkanes) is 8. The highest BCUT2D eigenvalue weighted by molar-refractivity contribution is 6.77. The normalized spacial score (nSPS) is 12.0. The van der Waals surface area contributed by atoms with E-state index in [0.29, 0.717) is 0 Å². The van der Waals surface area contributed by atoms with Crippen molar-refractivity contribution in [2.45, 2.75) is 104 Å². The lowest BCUT2D eigenvalue weighted by Gasteiger charge is -2.29. The molecule has 0 aliphatic carbocycles. The second-order valence-electron chi connectivity index (χ2n) is 6.10. The molecule has 2 heteroatoms. The number of nitrogens with one attached hydrogen (secondary N) is 1. The molecule has 0 unspecified atom stereocenters. The zero-order valence-corrected chi connectivity index (χ0v) is 15.2. The largest absolute Gasteiger partial charge is 0.337 e. The van der Waals surface area contributed by atoms with E-state index >= 15 is 0 Å². The maximum Gasteiger partial charge on any atom is 0.124 e. The highest BCUT2D eigenvalue weighted by Crippen LogP contribution is 2.16. The Morgan fingerprint density at radius 3 is 1.42 bits per heavy atom. The third-order valence-corrected chi connectivity index (χ3v) is 9.87. The lowest BCUT2D eigenvalue weighted by atomic mass is 10.1. The molecule has 19 heavy (non-hydrogen) atoms. The van der Waals surface area contributed by atoms with Gasteiger partial charge in [0.2, 0.25) is 0 Å². The minimum absolute atomic E-state index is 1.06. The number of hydrogen-bond donors (Lipinski definition) is 1. The number of rotatable bonds is 14. The van der Waals surface area contributed by atoms with Crippen LogP contribution in [-0.4, -0.2) is 14.8 Å². The molecule has 0 fully saturated rings. The van der Waals surface area contributed by atoms with E-state index in [1.165, 1.54) is 82.5 Å². The summed E-state index contributed by atoms with van der Waals surface area (Å²) in [6, 6.07) is 4.20. The molecular weight excluding hydrogens is 246 g/mol. The maximum atomic E-state index is 3.94. The van der Waals surface area contributed by atoms with Crippen molar-refractivity contribution in [2.75, 3.05) is 6.54 Å². The Kier molecular flexibility index (Phi) is 13.3. The minimum Gasteiger partial charge on any atom is -0.337 e. The van der Waals surface area contributed by atoms with Crippen molar-refractivity contribution in [1.82, 2.24) is 4.98 Å². The summed E-state index contributed by atoms with van der Waals surface area (Å²) < 4.78 is 0. The predicted octanol–water partition coefficient (Wildman–Crippen LogP) is 6.11. The van der Waals surface area contributed by atoms with E-state index in [2.05, 4.69) is 32.7 Å². The van der Waals surface area contributed by atoms with Gasteiger partial charge in [-0.15, -0.1) is 0 Å². The van der Waals surface area contributed by atoms with E-state index in [1.807, 2.05) is 0 Å². The summed E-state index contributed by atoms with van der Waals surface area (Å²) in [4.78, 5) is 3.94. The van der Waals surface area contributed by atoms with Crippen LogP contribution >= 0.6 is 0 Å². The van der Waals surface area contributed by atoms with Gasteiger partial charge in [0.1, 0.15) is 8.24 Å². The SMILES string of the molecule is CCCCCCCCCCCN[Si](CC)(CC)CC. The van der Waals surface area contributed by atoms with Crippen LogP contribution in [0.3, 0.4) is 0 Å². The predicted molar refractivity (Wildman–Crippen MR) is 92.4 cm³/mol. The Morgan fingerprint density at radius 2 is 1.00 bits per heavy atom. The molecule has 0 aromatic heterocycles. The molecule has 0 aromatic rings. The molecule has 0 bridgehead atoms. The summed E-state index contributed by atoms with van der Waals surface area (Å²) in [6.45, 7) is 10.7. The first kappa shape index (κ1) is 19.2. The van der Waals surface area contributed by atoms with Crippen LogP contribution < -0.4 is 4.98 Å². The van der Waals surface area contributed by atoms with E-state index in [-0.39, 0.29) is 0 Å². The Balaban J connectivity index is 3.35. The third-order valence-electron chi connectivity index (χ3n) is 4.81. The third kappa shape index (κ3) is 9.67. The van der Waals surface area contributed by atoms with Crippen LogP contribution in [0.4, 0.5) is 0 Å². The van der Waals surface area contributed by atoms with Crippen molar-refractivity contribution in [3.05, 3.63) is 0 Å². The van der Waals surface area contributed by atoms with Crippen LogP contribution in [0.1, 0.15) is 85.5 Å². The first-order valence-electron chi connectivity index (χ1n) is 8.99. The van der Waals surface area contributed by atoms with Gasteiger partial charge in [0.05, 0.1) is 0 Å². The standard InChI is InChI=1S/C17H39NSi/c1-5-9-10-11-12-13-14-15-16-17-18-19(6-2,7-3)8-4/h18H,5-17H2,1-4H3.